The van der Waals surface area contributed by atoms with Gasteiger partial charge in [0.1, 0.15) is 5.69 Å². The SMILES string of the molecule is CC(C)(c1cn(-c2ccc(Br)cc2)nn1)N1CCN(C(=O)c2cnnn2-c2ccccc2Br)CC1. The van der Waals surface area contributed by atoms with Gasteiger partial charge in [0.15, 0.2) is 5.69 Å². The van der Waals surface area contributed by atoms with Gasteiger partial charge in [0.2, 0.25) is 0 Å². The molecular formula is C24H24Br2N8O. The van der Waals surface area contributed by atoms with Crippen LogP contribution in [0.1, 0.15) is 30.0 Å². The third-order valence-electron chi connectivity index (χ3n) is 6.42. The van der Waals surface area contributed by atoms with Crippen molar-refractivity contribution in [3.05, 3.63) is 81.3 Å². The predicted octanol–water partition coefficient (Wildman–Crippen LogP) is 4.07. The van der Waals surface area contributed by atoms with Gasteiger partial charge < -0.3 is 4.90 Å². The molecule has 180 valence electrons. The lowest BCUT2D eigenvalue weighted by Crippen LogP contribution is -2.54. The van der Waals surface area contributed by atoms with Crippen LogP contribution in [0.3, 0.4) is 0 Å². The molecule has 1 saturated heterocycles. The maximum Gasteiger partial charge on any atom is 0.274 e. The summed E-state index contributed by atoms with van der Waals surface area (Å²) in [4.78, 5) is 17.5. The molecule has 0 saturated carbocycles. The van der Waals surface area contributed by atoms with E-state index < -0.39 is 0 Å². The van der Waals surface area contributed by atoms with E-state index in [-0.39, 0.29) is 11.4 Å². The minimum Gasteiger partial charge on any atom is -0.335 e. The zero-order valence-corrected chi connectivity index (χ0v) is 22.5. The van der Waals surface area contributed by atoms with Crippen molar-refractivity contribution in [1.82, 2.24) is 39.8 Å². The Kier molecular flexibility index (Phi) is 6.56. The van der Waals surface area contributed by atoms with Crippen LogP contribution < -0.4 is 0 Å². The summed E-state index contributed by atoms with van der Waals surface area (Å²) in [6.07, 6.45) is 3.50. The lowest BCUT2D eigenvalue weighted by Gasteiger charge is -2.43. The van der Waals surface area contributed by atoms with Gasteiger partial charge in [-0.15, -0.1) is 10.2 Å². The lowest BCUT2D eigenvalue weighted by molar-refractivity contribution is 0.0372. The first kappa shape index (κ1) is 23.8. The molecule has 0 bridgehead atoms. The van der Waals surface area contributed by atoms with Gasteiger partial charge in [-0.05, 0) is 66.2 Å². The summed E-state index contributed by atoms with van der Waals surface area (Å²) >= 11 is 7.00. The Morgan fingerprint density at radius 2 is 1.66 bits per heavy atom. The van der Waals surface area contributed by atoms with Crippen LogP contribution >= 0.6 is 31.9 Å². The standard InChI is InChI=1S/C24H24Br2N8O/c1-24(2,22-16-33(30-28-22)18-9-7-17(25)8-10-18)32-13-11-31(12-14-32)23(35)21-15-27-29-34(21)20-6-4-3-5-19(20)26/h3-10,15-16H,11-14H2,1-2H3. The van der Waals surface area contributed by atoms with E-state index in [9.17, 15) is 4.79 Å². The number of hydrogen-bond acceptors (Lipinski definition) is 6. The number of piperazine rings is 1. The smallest absolute Gasteiger partial charge is 0.274 e. The number of nitrogens with zero attached hydrogens (tertiary/aromatic N) is 8. The van der Waals surface area contributed by atoms with E-state index in [0.29, 0.717) is 18.8 Å². The first-order valence-electron chi connectivity index (χ1n) is 11.2. The van der Waals surface area contributed by atoms with Crippen molar-refractivity contribution in [1.29, 1.82) is 0 Å². The average Bonchev–Trinajstić information content (AvgIpc) is 3.55. The van der Waals surface area contributed by atoms with Crippen LogP contribution in [0.5, 0.6) is 0 Å². The summed E-state index contributed by atoms with van der Waals surface area (Å²) in [5.41, 5.74) is 2.73. The molecule has 2 aromatic heterocycles. The van der Waals surface area contributed by atoms with Crippen LogP contribution in [0, 0.1) is 0 Å². The summed E-state index contributed by atoms with van der Waals surface area (Å²) in [5.74, 6) is -0.0793. The van der Waals surface area contributed by atoms with E-state index in [2.05, 4.69) is 71.2 Å². The molecule has 11 heteroatoms. The summed E-state index contributed by atoms with van der Waals surface area (Å²) < 4.78 is 5.24. The lowest BCUT2D eigenvalue weighted by atomic mass is 9.97. The molecule has 3 heterocycles. The second kappa shape index (κ2) is 9.63. The molecule has 0 N–H and O–H groups in total. The van der Waals surface area contributed by atoms with Gasteiger partial charge in [-0.3, -0.25) is 9.69 Å². The van der Waals surface area contributed by atoms with Crippen molar-refractivity contribution in [2.45, 2.75) is 19.4 Å². The minimum absolute atomic E-state index is 0.0793. The first-order valence-corrected chi connectivity index (χ1v) is 12.8. The number of para-hydroxylation sites is 1. The molecule has 0 spiro atoms. The highest BCUT2D eigenvalue weighted by Gasteiger charge is 2.35. The number of carbonyl (C=O) groups excluding carboxylic acids is 1. The van der Waals surface area contributed by atoms with Crippen molar-refractivity contribution in [2.75, 3.05) is 26.2 Å². The third kappa shape index (κ3) is 4.67. The van der Waals surface area contributed by atoms with E-state index in [4.69, 9.17) is 0 Å². The zero-order valence-electron chi connectivity index (χ0n) is 19.3. The van der Waals surface area contributed by atoms with E-state index in [1.54, 1.807) is 9.36 Å². The number of amides is 1. The molecule has 1 fully saturated rings. The van der Waals surface area contributed by atoms with Crippen LogP contribution in [0.2, 0.25) is 0 Å². The second-order valence-electron chi connectivity index (χ2n) is 8.85. The minimum atomic E-state index is -0.332. The number of hydrogen-bond donors (Lipinski definition) is 0. The Balaban J connectivity index is 1.28. The van der Waals surface area contributed by atoms with Gasteiger partial charge >= 0.3 is 0 Å². The molecule has 5 rings (SSSR count). The Labute approximate surface area is 220 Å². The topological polar surface area (TPSA) is 85.0 Å². The fourth-order valence-corrected chi connectivity index (χ4v) is 4.96. The van der Waals surface area contributed by atoms with Crippen molar-refractivity contribution in [2.24, 2.45) is 0 Å². The average molecular weight is 600 g/mol. The van der Waals surface area contributed by atoms with Crippen molar-refractivity contribution >= 4 is 37.8 Å². The summed E-state index contributed by atoms with van der Waals surface area (Å²) in [7, 11) is 0. The van der Waals surface area contributed by atoms with Gasteiger partial charge in [0.05, 0.1) is 29.3 Å². The maximum absolute atomic E-state index is 13.3. The van der Waals surface area contributed by atoms with E-state index in [0.717, 1.165) is 39.1 Å². The molecular weight excluding hydrogens is 576 g/mol. The highest BCUT2D eigenvalue weighted by molar-refractivity contribution is 9.10. The normalized spacial score (nSPS) is 14.9. The van der Waals surface area contributed by atoms with Crippen molar-refractivity contribution in [3.63, 3.8) is 0 Å². The van der Waals surface area contributed by atoms with E-state index >= 15 is 0 Å². The predicted molar refractivity (Wildman–Crippen MR) is 139 cm³/mol. The maximum atomic E-state index is 13.3. The fraction of sp³-hybridized carbons (Fsp3) is 0.292. The molecule has 1 aliphatic heterocycles. The molecule has 9 nitrogen and oxygen atoms in total. The largest absolute Gasteiger partial charge is 0.335 e. The highest BCUT2D eigenvalue weighted by Crippen LogP contribution is 2.28. The Bertz CT molecular complexity index is 1340. The molecule has 0 atom stereocenters. The molecule has 2 aromatic carbocycles. The first-order chi connectivity index (χ1) is 16.8. The van der Waals surface area contributed by atoms with Crippen LogP contribution in [0.15, 0.2) is 69.9 Å². The third-order valence-corrected chi connectivity index (χ3v) is 7.62. The van der Waals surface area contributed by atoms with Gasteiger partial charge in [0.25, 0.3) is 5.91 Å². The van der Waals surface area contributed by atoms with Crippen molar-refractivity contribution < 1.29 is 4.79 Å². The highest BCUT2D eigenvalue weighted by atomic mass is 79.9. The molecule has 0 radical (unpaired) electrons. The van der Waals surface area contributed by atoms with Gasteiger partial charge in [0, 0.05) is 35.1 Å². The molecule has 35 heavy (non-hydrogen) atoms. The Hall–Kier alpha value is -2.89. The number of benzene rings is 2. The molecule has 1 aliphatic rings. The molecule has 1 amide bonds. The molecule has 0 unspecified atom stereocenters. The number of aromatic nitrogens is 6. The zero-order chi connectivity index (χ0) is 24.6. The van der Waals surface area contributed by atoms with Crippen LogP contribution in [-0.4, -0.2) is 71.9 Å². The monoisotopic (exact) mass is 598 g/mol. The number of halogens is 2. The molecule has 4 aromatic rings. The van der Waals surface area contributed by atoms with E-state index in [1.807, 2.05) is 59.6 Å². The van der Waals surface area contributed by atoms with Crippen molar-refractivity contribution in [3.8, 4) is 11.4 Å². The van der Waals surface area contributed by atoms with Gasteiger partial charge in [-0.25, -0.2) is 9.36 Å². The second-order valence-corrected chi connectivity index (χ2v) is 10.6. The van der Waals surface area contributed by atoms with Gasteiger partial charge in [-0.2, -0.15) is 0 Å². The summed E-state index contributed by atoms with van der Waals surface area (Å²) in [6.45, 7) is 6.94. The number of rotatable bonds is 5. The molecule has 0 aliphatic carbocycles. The summed E-state index contributed by atoms with van der Waals surface area (Å²) in [6, 6.07) is 15.6. The Morgan fingerprint density at radius 1 is 0.943 bits per heavy atom. The Morgan fingerprint density at radius 3 is 2.37 bits per heavy atom. The fourth-order valence-electron chi connectivity index (χ4n) is 4.24. The van der Waals surface area contributed by atoms with Crippen LogP contribution in [0.4, 0.5) is 0 Å². The van der Waals surface area contributed by atoms with Crippen LogP contribution in [-0.2, 0) is 5.54 Å². The quantitative estimate of drug-likeness (QED) is 0.344. The number of carbonyl (C=O) groups is 1. The summed E-state index contributed by atoms with van der Waals surface area (Å²) in [5, 5.41) is 16.9. The van der Waals surface area contributed by atoms with Gasteiger partial charge in [-0.1, -0.05) is 38.5 Å². The van der Waals surface area contributed by atoms with E-state index in [1.165, 1.54) is 6.20 Å². The van der Waals surface area contributed by atoms with Crippen LogP contribution in [0.25, 0.3) is 11.4 Å².